The fourth-order valence-electron chi connectivity index (χ4n) is 1.75. The van der Waals surface area contributed by atoms with Crippen LogP contribution in [0.3, 0.4) is 0 Å². The lowest BCUT2D eigenvalue weighted by Gasteiger charge is -2.08. The number of hydrogen-bond donors (Lipinski definition) is 2. The van der Waals surface area contributed by atoms with Crippen LogP contribution in [0, 0.1) is 5.92 Å². The van der Waals surface area contributed by atoms with E-state index in [9.17, 15) is 9.82 Å². The van der Waals surface area contributed by atoms with Crippen LogP contribution in [-0.4, -0.2) is 24.6 Å². The number of amides is 1. The van der Waals surface area contributed by atoms with Gasteiger partial charge in [0.25, 0.3) is 5.91 Å². The SMILES string of the molecule is CC(C)CNC(=O)c1ccc2c(c1)B(O)OC2. The molecule has 17 heavy (non-hydrogen) atoms. The van der Waals surface area contributed by atoms with Crippen LogP contribution in [0.1, 0.15) is 29.8 Å². The summed E-state index contributed by atoms with van der Waals surface area (Å²) in [4.78, 5) is 11.8. The summed E-state index contributed by atoms with van der Waals surface area (Å²) in [6.07, 6.45) is 0. The molecule has 0 unspecified atom stereocenters. The van der Waals surface area contributed by atoms with Gasteiger partial charge in [-0.1, -0.05) is 19.9 Å². The number of carbonyl (C=O) groups is 1. The monoisotopic (exact) mass is 233 g/mol. The average Bonchev–Trinajstić information content (AvgIpc) is 2.67. The van der Waals surface area contributed by atoms with Gasteiger partial charge >= 0.3 is 7.12 Å². The molecule has 0 bridgehead atoms. The summed E-state index contributed by atoms with van der Waals surface area (Å²) in [7, 11) is -0.900. The van der Waals surface area contributed by atoms with E-state index in [4.69, 9.17) is 4.65 Å². The molecule has 5 heteroatoms. The van der Waals surface area contributed by atoms with Gasteiger partial charge in [-0.05, 0) is 29.1 Å². The number of carbonyl (C=O) groups excluding carboxylic acids is 1. The molecule has 0 aliphatic carbocycles. The molecule has 1 aromatic carbocycles. The van der Waals surface area contributed by atoms with E-state index in [1.807, 2.05) is 19.9 Å². The molecule has 1 aromatic rings. The fourth-order valence-corrected chi connectivity index (χ4v) is 1.75. The molecule has 1 aliphatic rings. The molecule has 1 amide bonds. The van der Waals surface area contributed by atoms with E-state index >= 15 is 0 Å². The molecule has 0 fully saturated rings. The van der Waals surface area contributed by atoms with Gasteiger partial charge in [0.2, 0.25) is 0 Å². The largest absolute Gasteiger partial charge is 0.491 e. The van der Waals surface area contributed by atoms with Crippen LogP contribution in [0.4, 0.5) is 0 Å². The zero-order chi connectivity index (χ0) is 12.4. The van der Waals surface area contributed by atoms with E-state index < -0.39 is 7.12 Å². The van der Waals surface area contributed by atoms with Crippen molar-refractivity contribution in [1.82, 2.24) is 5.32 Å². The van der Waals surface area contributed by atoms with Crippen molar-refractivity contribution in [1.29, 1.82) is 0 Å². The minimum absolute atomic E-state index is 0.111. The Hall–Kier alpha value is -1.33. The van der Waals surface area contributed by atoms with Gasteiger partial charge in [0.1, 0.15) is 0 Å². The lowest BCUT2D eigenvalue weighted by atomic mass is 9.79. The highest BCUT2D eigenvalue weighted by Crippen LogP contribution is 2.11. The van der Waals surface area contributed by atoms with Crippen molar-refractivity contribution in [3.05, 3.63) is 29.3 Å². The first kappa shape index (κ1) is 12.1. The minimum atomic E-state index is -0.900. The van der Waals surface area contributed by atoms with E-state index in [0.29, 0.717) is 30.1 Å². The normalized spacial score (nSPS) is 14.0. The van der Waals surface area contributed by atoms with Crippen molar-refractivity contribution < 1.29 is 14.5 Å². The molecule has 0 saturated heterocycles. The van der Waals surface area contributed by atoms with Crippen LogP contribution >= 0.6 is 0 Å². The molecule has 4 nitrogen and oxygen atoms in total. The van der Waals surface area contributed by atoms with E-state index in [-0.39, 0.29) is 5.91 Å². The van der Waals surface area contributed by atoms with Gasteiger partial charge in [0.05, 0.1) is 6.61 Å². The third kappa shape index (κ3) is 2.68. The molecule has 2 N–H and O–H groups in total. The predicted molar refractivity (Wildman–Crippen MR) is 66.0 cm³/mol. The van der Waals surface area contributed by atoms with Gasteiger partial charge in [-0.2, -0.15) is 0 Å². The molecule has 0 saturated carbocycles. The first-order valence-electron chi connectivity index (χ1n) is 5.78. The number of hydrogen-bond acceptors (Lipinski definition) is 3. The summed E-state index contributed by atoms with van der Waals surface area (Å²) < 4.78 is 5.08. The van der Waals surface area contributed by atoms with Crippen molar-refractivity contribution in [2.45, 2.75) is 20.5 Å². The maximum atomic E-state index is 11.8. The lowest BCUT2D eigenvalue weighted by Crippen LogP contribution is -2.31. The molecule has 2 rings (SSSR count). The van der Waals surface area contributed by atoms with Gasteiger partial charge in [-0.15, -0.1) is 0 Å². The van der Waals surface area contributed by atoms with Crippen LogP contribution in [0.5, 0.6) is 0 Å². The van der Waals surface area contributed by atoms with Gasteiger partial charge < -0.3 is 15.0 Å². The molecule has 0 spiro atoms. The lowest BCUT2D eigenvalue weighted by molar-refractivity contribution is 0.0949. The van der Waals surface area contributed by atoms with E-state index in [1.54, 1.807) is 12.1 Å². The second-order valence-corrected chi connectivity index (χ2v) is 4.68. The zero-order valence-electron chi connectivity index (χ0n) is 10.1. The van der Waals surface area contributed by atoms with Crippen molar-refractivity contribution in [3.8, 4) is 0 Å². The third-order valence-electron chi connectivity index (χ3n) is 2.74. The summed E-state index contributed by atoms with van der Waals surface area (Å²) in [5.41, 5.74) is 2.20. The Morgan fingerprint density at radius 3 is 3.06 bits per heavy atom. The van der Waals surface area contributed by atoms with Crippen molar-refractivity contribution in [2.75, 3.05) is 6.54 Å². The Bertz CT molecular complexity index is 434. The number of fused-ring (bicyclic) bond motifs is 1. The Kier molecular flexibility index (Phi) is 3.50. The second-order valence-electron chi connectivity index (χ2n) is 4.68. The van der Waals surface area contributed by atoms with E-state index in [0.717, 1.165) is 5.56 Å². The molecule has 1 aliphatic heterocycles. The van der Waals surface area contributed by atoms with E-state index in [2.05, 4.69) is 5.32 Å². The van der Waals surface area contributed by atoms with Crippen LogP contribution in [0.25, 0.3) is 0 Å². The maximum absolute atomic E-state index is 11.8. The zero-order valence-corrected chi connectivity index (χ0v) is 10.1. The standard InChI is InChI=1S/C12H16BNO3/c1-8(2)6-14-12(15)9-3-4-10-7-17-13(16)11(10)5-9/h3-5,8,16H,6-7H2,1-2H3,(H,14,15). The van der Waals surface area contributed by atoms with Crippen molar-refractivity contribution >= 4 is 18.5 Å². The topological polar surface area (TPSA) is 58.6 Å². The highest BCUT2D eigenvalue weighted by molar-refractivity contribution is 6.61. The van der Waals surface area contributed by atoms with Gasteiger partial charge in [0, 0.05) is 12.1 Å². The van der Waals surface area contributed by atoms with Crippen LogP contribution in [0.15, 0.2) is 18.2 Å². The fraction of sp³-hybridized carbons (Fsp3) is 0.417. The summed E-state index contributed by atoms with van der Waals surface area (Å²) >= 11 is 0. The van der Waals surface area contributed by atoms with Crippen LogP contribution in [-0.2, 0) is 11.3 Å². The molecule has 90 valence electrons. The Morgan fingerprint density at radius 2 is 2.35 bits per heavy atom. The highest BCUT2D eigenvalue weighted by Gasteiger charge is 2.27. The minimum Gasteiger partial charge on any atom is -0.423 e. The number of nitrogens with one attached hydrogen (secondary N) is 1. The molecular weight excluding hydrogens is 217 g/mol. The second kappa shape index (κ2) is 4.90. The quantitative estimate of drug-likeness (QED) is 0.737. The molecule has 0 atom stereocenters. The predicted octanol–water partition coefficient (Wildman–Crippen LogP) is 0.290. The summed E-state index contributed by atoms with van der Waals surface area (Å²) in [5, 5.41) is 12.4. The smallest absolute Gasteiger partial charge is 0.423 e. The van der Waals surface area contributed by atoms with Gasteiger partial charge in [0.15, 0.2) is 0 Å². The maximum Gasteiger partial charge on any atom is 0.491 e. The number of benzene rings is 1. The van der Waals surface area contributed by atoms with Gasteiger partial charge in [-0.3, -0.25) is 4.79 Å². The van der Waals surface area contributed by atoms with Crippen molar-refractivity contribution in [2.24, 2.45) is 5.92 Å². The molecule has 1 heterocycles. The van der Waals surface area contributed by atoms with Gasteiger partial charge in [-0.25, -0.2) is 0 Å². The van der Waals surface area contributed by atoms with Crippen molar-refractivity contribution in [3.63, 3.8) is 0 Å². The molecule has 0 aromatic heterocycles. The average molecular weight is 233 g/mol. The Morgan fingerprint density at radius 1 is 1.59 bits per heavy atom. The van der Waals surface area contributed by atoms with Crippen LogP contribution < -0.4 is 10.8 Å². The summed E-state index contributed by atoms with van der Waals surface area (Å²) in [5.74, 6) is 0.308. The first-order valence-corrected chi connectivity index (χ1v) is 5.78. The summed E-state index contributed by atoms with van der Waals surface area (Å²) in [6.45, 7) is 5.14. The van der Waals surface area contributed by atoms with E-state index in [1.165, 1.54) is 0 Å². The van der Waals surface area contributed by atoms with Crippen LogP contribution in [0.2, 0.25) is 0 Å². The summed E-state index contributed by atoms with van der Waals surface area (Å²) in [6, 6.07) is 5.29. The third-order valence-corrected chi connectivity index (χ3v) is 2.74. The Labute approximate surface area is 101 Å². The highest BCUT2D eigenvalue weighted by atomic mass is 16.5. The molecular formula is C12H16BNO3. The first-order chi connectivity index (χ1) is 8.08. The molecule has 0 radical (unpaired) electrons. The number of rotatable bonds is 3. The Balaban J connectivity index is 2.12.